The fourth-order valence-electron chi connectivity index (χ4n) is 6.26. The molecule has 0 spiro atoms. The third kappa shape index (κ3) is 8.68. The molecule has 2 heterocycles. The molecule has 0 saturated carbocycles. The molecule has 4 aromatic rings. The number of ether oxygens (including phenoxy) is 4. The molecule has 56 heavy (non-hydrogen) atoms. The number of carbonyl (C=O) groups is 2. The van der Waals surface area contributed by atoms with Gasteiger partial charge in [-0.15, -0.1) is 0 Å². The van der Waals surface area contributed by atoms with Crippen molar-refractivity contribution in [2.45, 2.75) is 36.5 Å². The molecule has 0 bridgehead atoms. The lowest BCUT2D eigenvalue weighted by Gasteiger charge is -2.17. The Morgan fingerprint density at radius 2 is 0.929 bits per heavy atom. The van der Waals surface area contributed by atoms with Crippen LogP contribution in [-0.2, 0) is 42.7 Å². The second kappa shape index (κ2) is 16.1. The number of methoxy groups -OCH3 is 2. The van der Waals surface area contributed by atoms with Gasteiger partial charge >= 0.3 is 0 Å². The minimum absolute atomic E-state index is 0.113. The van der Waals surface area contributed by atoms with Gasteiger partial charge < -0.3 is 18.9 Å². The van der Waals surface area contributed by atoms with Crippen LogP contribution in [0.4, 0.5) is 11.4 Å². The Hall–Kier alpha value is -5.82. The van der Waals surface area contributed by atoms with Gasteiger partial charge in [-0.3, -0.25) is 18.7 Å². The molecule has 16 nitrogen and oxygen atoms in total. The van der Waals surface area contributed by atoms with E-state index in [9.17, 15) is 35.5 Å². The van der Waals surface area contributed by atoms with Gasteiger partial charge in [-0.1, -0.05) is 12.1 Å². The molecule has 18 heteroatoms. The van der Waals surface area contributed by atoms with Crippen LogP contribution >= 0.6 is 0 Å². The molecular formula is C38H38N4O12S2. The summed E-state index contributed by atoms with van der Waals surface area (Å²) in [6.45, 7) is 3.70. The van der Waals surface area contributed by atoms with Gasteiger partial charge in [0.15, 0.2) is 23.0 Å². The summed E-state index contributed by atoms with van der Waals surface area (Å²) in [6.07, 6.45) is 0.612. The van der Waals surface area contributed by atoms with Crippen molar-refractivity contribution < 1.29 is 54.5 Å². The van der Waals surface area contributed by atoms with E-state index in [1.54, 1.807) is 38.1 Å². The summed E-state index contributed by atoms with van der Waals surface area (Å²) in [7, 11) is -5.74. The summed E-state index contributed by atoms with van der Waals surface area (Å²) in [5.74, 6) is 0.0376. The summed E-state index contributed by atoms with van der Waals surface area (Å²) in [5, 5.41) is 11.2. The van der Waals surface area contributed by atoms with Gasteiger partial charge in [-0.2, -0.15) is 27.0 Å². The molecule has 0 fully saturated rings. The highest BCUT2D eigenvalue weighted by atomic mass is 32.2. The fourth-order valence-corrected chi connectivity index (χ4v) is 7.22. The second-order valence-electron chi connectivity index (χ2n) is 12.9. The molecule has 2 atom stereocenters. The largest absolute Gasteiger partial charge is 0.493 e. The zero-order valence-electron chi connectivity index (χ0n) is 30.6. The lowest BCUT2D eigenvalue weighted by Crippen LogP contribution is -2.28. The van der Waals surface area contributed by atoms with E-state index < -0.39 is 32.1 Å². The first kappa shape index (κ1) is 39.9. The van der Waals surface area contributed by atoms with Crippen molar-refractivity contribution in [1.29, 1.82) is 0 Å². The molecule has 2 aliphatic rings. The van der Waals surface area contributed by atoms with Crippen LogP contribution in [0.3, 0.4) is 0 Å². The zero-order chi connectivity index (χ0) is 40.4. The van der Waals surface area contributed by atoms with E-state index in [1.807, 2.05) is 12.1 Å². The van der Waals surface area contributed by atoms with E-state index in [4.69, 9.17) is 18.9 Å². The van der Waals surface area contributed by atoms with Crippen LogP contribution < -0.4 is 29.0 Å². The van der Waals surface area contributed by atoms with Gasteiger partial charge in [0.05, 0.1) is 47.2 Å². The number of benzene rings is 4. The molecule has 6 rings (SSSR count). The number of hydrazone groups is 2. The minimum atomic E-state index is -4.38. The Kier molecular flexibility index (Phi) is 11.5. The van der Waals surface area contributed by atoms with Crippen molar-refractivity contribution in [3.63, 3.8) is 0 Å². The Balaban J connectivity index is 1.07. The lowest BCUT2D eigenvalue weighted by molar-refractivity contribution is -0.120. The predicted octanol–water partition coefficient (Wildman–Crippen LogP) is 4.82. The quantitative estimate of drug-likeness (QED) is 0.122. The maximum Gasteiger partial charge on any atom is 0.294 e. The summed E-state index contributed by atoms with van der Waals surface area (Å²) in [5.41, 5.74) is 3.42. The number of amides is 2. The average Bonchev–Trinajstić information content (AvgIpc) is 3.61. The standard InChI is InChI=1S/C38H38N4O12S2/c1-23-31(37(43)41(39-23)27-7-11-29(12-8-27)55(45,46)47)19-25-5-15-33(51-3)35(21-25)53-17-18-54-36-22-26(6-16-34(36)52-4)20-32-24(2)40-42(38(32)44)28-9-13-30(14-10-28)56(48,49)50/h5-16,21-22,31-32H,17-20H2,1-4H3,(H,45,46,47)(H,48,49,50). The number of hydrogen-bond acceptors (Lipinski definition) is 12. The van der Waals surface area contributed by atoms with E-state index in [-0.39, 0.29) is 34.8 Å². The minimum Gasteiger partial charge on any atom is -0.493 e. The highest BCUT2D eigenvalue weighted by Gasteiger charge is 2.36. The summed E-state index contributed by atoms with van der Waals surface area (Å²) in [4.78, 5) is 26.2. The highest BCUT2D eigenvalue weighted by Crippen LogP contribution is 2.34. The third-order valence-corrected chi connectivity index (χ3v) is 11.0. The Morgan fingerprint density at radius 1 is 0.571 bits per heavy atom. The zero-order valence-corrected chi connectivity index (χ0v) is 32.3. The van der Waals surface area contributed by atoms with Crippen LogP contribution in [-0.4, -0.2) is 76.6 Å². The van der Waals surface area contributed by atoms with E-state index in [1.165, 1.54) is 72.8 Å². The topological polar surface area (TPSA) is 211 Å². The molecule has 0 aliphatic carbocycles. The lowest BCUT2D eigenvalue weighted by atomic mass is 9.95. The van der Waals surface area contributed by atoms with Gasteiger partial charge in [-0.05, 0) is 111 Å². The van der Waals surface area contributed by atoms with Crippen LogP contribution in [0.25, 0.3) is 0 Å². The van der Waals surface area contributed by atoms with E-state index in [0.29, 0.717) is 58.6 Å². The highest BCUT2D eigenvalue weighted by molar-refractivity contribution is 7.86. The van der Waals surface area contributed by atoms with E-state index in [0.717, 1.165) is 11.1 Å². The summed E-state index contributed by atoms with van der Waals surface area (Å²) >= 11 is 0. The monoisotopic (exact) mass is 806 g/mol. The smallest absolute Gasteiger partial charge is 0.294 e. The maximum atomic E-state index is 13.4. The van der Waals surface area contributed by atoms with Crippen molar-refractivity contribution in [2.75, 3.05) is 37.5 Å². The number of anilines is 2. The molecule has 2 unspecified atom stereocenters. The number of nitrogens with zero attached hydrogens (tertiary/aromatic N) is 4. The van der Waals surface area contributed by atoms with E-state index >= 15 is 0 Å². The van der Waals surface area contributed by atoms with Gasteiger partial charge in [0.25, 0.3) is 32.1 Å². The Morgan fingerprint density at radius 3 is 1.25 bits per heavy atom. The normalized spacial score (nSPS) is 17.2. The van der Waals surface area contributed by atoms with Gasteiger partial charge in [0, 0.05) is 11.4 Å². The molecule has 0 aromatic heterocycles. The second-order valence-corrected chi connectivity index (χ2v) is 15.7. The molecule has 294 valence electrons. The van der Waals surface area contributed by atoms with Crippen molar-refractivity contribution in [1.82, 2.24) is 0 Å². The first-order valence-corrected chi connectivity index (χ1v) is 20.0. The first-order valence-electron chi connectivity index (χ1n) is 17.1. The van der Waals surface area contributed by atoms with Crippen LogP contribution in [0, 0.1) is 11.8 Å². The molecule has 0 radical (unpaired) electrons. The van der Waals surface area contributed by atoms with Crippen LogP contribution in [0.15, 0.2) is 105 Å². The average molecular weight is 807 g/mol. The predicted molar refractivity (Wildman–Crippen MR) is 205 cm³/mol. The van der Waals surface area contributed by atoms with E-state index in [2.05, 4.69) is 10.2 Å². The maximum absolute atomic E-state index is 13.4. The third-order valence-electron chi connectivity index (χ3n) is 9.23. The van der Waals surface area contributed by atoms with Crippen LogP contribution in [0.5, 0.6) is 23.0 Å². The van der Waals surface area contributed by atoms with Crippen LogP contribution in [0.1, 0.15) is 25.0 Å². The molecular weight excluding hydrogens is 769 g/mol. The number of rotatable bonds is 15. The van der Waals surface area contributed by atoms with Crippen LogP contribution in [0.2, 0.25) is 0 Å². The van der Waals surface area contributed by atoms with Gasteiger partial charge in [0.1, 0.15) is 13.2 Å². The fraction of sp³-hybridized carbons (Fsp3) is 0.263. The molecule has 2 amide bonds. The van der Waals surface area contributed by atoms with Gasteiger partial charge in [0.2, 0.25) is 0 Å². The Bertz CT molecular complexity index is 2260. The summed E-state index contributed by atoms with van der Waals surface area (Å²) < 4.78 is 87.4. The molecule has 2 N–H and O–H groups in total. The van der Waals surface area contributed by atoms with Crippen molar-refractivity contribution in [3.05, 3.63) is 96.1 Å². The molecule has 2 aliphatic heterocycles. The molecule has 4 aromatic carbocycles. The number of hydrogen-bond donors (Lipinski definition) is 2. The summed E-state index contributed by atoms with van der Waals surface area (Å²) in [6, 6.07) is 21.1. The SMILES string of the molecule is COc1ccc(CC2C(=O)N(c3ccc(S(=O)(=O)O)cc3)N=C2C)cc1OCCOc1cc(CC2C(=O)N(c3ccc(S(=O)(=O)O)cc3)N=C2C)ccc1OC. The van der Waals surface area contributed by atoms with Crippen molar-refractivity contribution >= 4 is 54.8 Å². The molecule has 0 saturated heterocycles. The number of carbonyl (C=O) groups excluding carboxylic acids is 2. The van der Waals surface area contributed by atoms with Gasteiger partial charge in [-0.25, -0.2) is 10.0 Å². The van der Waals surface area contributed by atoms with Crippen molar-refractivity contribution in [2.24, 2.45) is 22.0 Å². The van der Waals surface area contributed by atoms with Crippen molar-refractivity contribution in [3.8, 4) is 23.0 Å². The Labute approximate surface area is 323 Å². The first-order chi connectivity index (χ1) is 26.6.